The molecule has 0 unspecified atom stereocenters. The summed E-state index contributed by atoms with van der Waals surface area (Å²) in [5.41, 5.74) is 1.14. The van der Waals surface area contributed by atoms with Gasteiger partial charge in [-0.2, -0.15) is 4.98 Å². The van der Waals surface area contributed by atoms with Crippen molar-refractivity contribution in [2.24, 2.45) is 0 Å². The van der Waals surface area contributed by atoms with Crippen molar-refractivity contribution < 1.29 is 14.4 Å². The fourth-order valence-corrected chi connectivity index (χ4v) is 4.11. The summed E-state index contributed by atoms with van der Waals surface area (Å²) in [5.74, 6) is 2.78. The zero-order valence-corrected chi connectivity index (χ0v) is 14.6. The molecule has 134 valence electrons. The summed E-state index contributed by atoms with van der Waals surface area (Å²) in [6, 6.07) is 8.17. The van der Waals surface area contributed by atoms with Crippen molar-refractivity contribution in [2.45, 2.75) is 56.7 Å². The van der Waals surface area contributed by atoms with Crippen LogP contribution in [0, 0.1) is 0 Å². The Morgan fingerprint density at radius 3 is 2.96 bits per heavy atom. The largest absolute Gasteiger partial charge is 0.497 e. The molecule has 2 aliphatic rings. The van der Waals surface area contributed by atoms with Gasteiger partial charge < -0.3 is 14.4 Å². The van der Waals surface area contributed by atoms with E-state index in [2.05, 4.69) is 21.1 Å². The van der Waals surface area contributed by atoms with E-state index in [1.54, 1.807) is 7.11 Å². The van der Waals surface area contributed by atoms with E-state index < -0.39 is 0 Å². The number of hydrogen-bond donors (Lipinski definition) is 1. The third kappa shape index (κ3) is 3.55. The minimum Gasteiger partial charge on any atom is -0.497 e. The maximum Gasteiger partial charge on any atom is 0.240 e. The number of methoxy groups -OCH3 is 1. The number of aliphatic hydroxyl groups excluding tert-OH is 1. The van der Waals surface area contributed by atoms with Crippen molar-refractivity contribution in [3.8, 4) is 5.75 Å². The fourth-order valence-electron chi connectivity index (χ4n) is 4.11. The van der Waals surface area contributed by atoms with Crippen LogP contribution < -0.4 is 4.74 Å². The maximum atomic E-state index is 10.2. The van der Waals surface area contributed by atoms with Crippen molar-refractivity contribution in [2.75, 3.05) is 13.7 Å². The van der Waals surface area contributed by atoms with Gasteiger partial charge in [-0.25, -0.2) is 0 Å². The molecule has 1 aromatic heterocycles. The molecule has 25 heavy (non-hydrogen) atoms. The molecular formula is C19H25N3O3. The number of likely N-dealkylation sites (tertiary alicyclic amines) is 1. The van der Waals surface area contributed by atoms with Crippen molar-refractivity contribution in [3.63, 3.8) is 0 Å². The number of hydrogen-bond acceptors (Lipinski definition) is 6. The van der Waals surface area contributed by atoms with Crippen LogP contribution in [0.2, 0.25) is 0 Å². The second-order valence-corrected chi connectivity index (χ2v) is 7.14. The summed E-state index contributed by atoms with van der Waals surface area (Å²) >= 11 is 0. The van der Waals surface area contributed by atoms with Crippen LogP contribution in [0.3, 0.4) is 0 Å². The monoisotopic (exact) mass is 343 g/mol. The first-order valence-corrected chi connectivity index (χ1v) is 9.11. The van der Waals surface area contributed by atoms with Gasteiger partial charge in [-0.15, -0.1) is 0 Å². The lowest BCUT2D eigenvalue weighted by atomic mass is 10.0. The zero-order valence-electron chi connectivity index (χ0n) is 14.6. The smallest absolute Gasteiger partial charge is 0.240 e. The third-order valence-electron chi connectivity index (χ3n) is 5.40. The number of rotatable bonds is 5. The van der Waals surface area contributed by atoms with E-state index in [0.29, 0.717) is 31.3 Å². The number of aliphatic hydroxyl groups is 1. The molecule has 1 saturated carbocycles. The molecule has 6 nitrogen and oxygen atoms in total. The molecule has 0 spiro atoms. The minimum absolute atomic E-state index is 0.131. The lowest BCUT2D eigenvalue weighted by molar-refractivity contribution is 0.164. The molecule has 2 aromatic rings. The summed E-state index contributed by atoms with van der Waals surface area (Å²) in [6.07, 6.45) is 5.20. The van der Waals surface area contributed by atoms with Gasteiger partial charge >= 0.3 is 0 Å². The average Bonchev–Trinajstić information content (AvgIpc) is 3.36. The summed E-state index contributed by atoms with van der Waals surface area (Å²) in [6.45, 7) is 1.18. The molecule has 1 N–H and O–H groups in total. The highest BCUT2D eigenvalue weighted by Gasteiger charge is 2.33. The maximum absolute atomic E-state index is 10.2. The normalized spacial score (nSPS) is 24.9. The van der Waals surface area contributed by atoms with Gasteiger partial charge in [0, 0.05) is 18.5 Å². The standard InChI is InChI=1S/C19H25N3O3/c1-24-16-8-4-7-14(9-16)17-10-15(23)11-22(17)12-18-20-19(21-25-18)13-5-2-3-6-13/h4,7-9,13,15,17,23H,2-3,5-6,10-12H2,1H3/t15-,17-/m1/s1. The Hall–Kier alpha value is -1.92. The van der Waals surface area contributed by atoms with Crippen molar-refractivity contribution in [1.82, 2.24) is 15.0 Å². The van der Waals surface area contributed by atoms with E-state index in [4.69, 9.17) is 9.26 Å². The van der Waals surface area contributed by atoms with Gasteiger partial charge in [0.15, 0.2) is 5.82 Å². The van der Waals surface area contributed by atoms with Gasteiger partial charge in [-0.05, 0) is 37.0 Å². The number of β-amino-alcohol motifs (C(OH)–C–C–N with tert-alkyl or cyclic N) is 1. The molecule has 1 saturated heterocycles. The highest BCUT2D eigenvalue weighted by atomic mass is 16.5. The van der Waals surface area contributed by atoms with Crippen molar-refractivity contribution in [3.05, 3.63) is 41.5 Å². The number of ether oxygens (including phenoxy) is 1. The van der Waals surface area contributed by atoms with E-state index in [0.717, 1.165) is 30.0 Å². The molecule has 2 heterocycles. The zero-order chi connectivity index (χ0) is 17.2. The van der Waals surface area contributed by atoms with E-state index >= 15 is 0 Å². The van der Waals surface area contributed by atoms with Gasteiger partial charge in [0.25, 0.3) is 0 Å². The second kappa shape index (κ2) is 7.14. The Morgan fingerprint density at radius 2 is 2.16 bits per heavy atom. The lowest BCUT2D eigenvalue weighted by Gasteiger charge is -2.23. The van der Waals surface area contributed by atoms with Gasteiger partial charge in [0.2, 0.25) is 5.89 Å². The fraction of sp³-hybridized carbons (Fsp3) is 0.579. The van der Waals surface area contributed by atoms with Crippen LogP contribution in [0.25, 0.3) is 0 Å². The van der Waals surface area contributed by atoms with Gasteiger partial charge in [0.1, 0.15) is 5.75 Å². The molecule has 2 atom stereocenters. The molecule has 6 heteroatoms. The molecule has 4 rings (SSSR count). The summed E-state index contributed by atoms with van der Waals surface area (Å²) in [7, 11) is 1.67. The van der Waals surface area contributed by atoms with Crippen LogP contribution in [0.15, 0.2) is 28.8 Å². The number of aromatic nitrogens is 2. The van der Waals surface area contributed by atoms with Crippen molar-refractivity contribution >= 4 is 0 Å². The Balaban J connectivity index is 1.50. The molecule has 1 aliphatic carbocycles. The van der Waals surface area contributed by atoms with Crippen LogP contribution in [0.4, 0.5) is 0 Å². The minimum atomic E-state index is -0.339. The number of nitrogens with zero attached hydrogens (tertiary/aromatic N) is 3. The predicted octanol–water partition coefficient (Wildman–Crippen LogP) is 3.04. The molecular weight excluding hydrogens is 318 g/mol. The first-order chi connectivity index (χ1) is 12.2. The Kier molecular flexibility index (Phi) is 4.72. The number of benzene rings is 1. The first-order valence-electron chi connectivity index (χ1n) is 9.11. The summed E-state index contributed by atoms with van der Waals surface area (Å²) in [4.78, 5) is 6.83. The van der Waals surface area contributed by atoms with E-state index in [1.165, 1.54) is 12.8 Å². The van der Waals surface area contributed by atoms with E-state index in [-0.39, 0.29) is 12.1 Å². The van der Waals surface area contributed by atoms with Crippen LogP contribution in [-0.2, 0) is 6.54 Å². The van der Waals surface area contributed by atoms with Crippen LogP contribution in [0.1, 0.15) is 61.3 Å². The quantitative estimate of drug-likeness (QED) is 0.900. The Bertz CT molecular complexity index is 711. The molecule has 0 amide bonds. The Morgan fingerprint density at radius 1 is 1.32 bits per heavy atom. The topological polar surface area (TPSA) is 71.6 Å². The molecule has 0 bridgehead atoms. The summed E-state index contributed by atoms with van der Waals surface area (Å²) < 4.78 is 10.8. The lowest BCUT2D eigenvalue weighted by Crippen LogP contribution is -2.24. The highest BCUT2D eigenvalue weighted by Crippen LogP contribution is 2.35. The molecule has 1 aromatic carbocycles. The van der Waals surface area contributed by atoms with Crippen LogP contribution in [0.5, 0.6) is 5.75 Å². The third-order valence-corrected chi connectivity index (χ3v) is 5.40. The first kappa shape index (κ1) is 16.5. The molecule has 2 fully saturated rings. The van der Waals surface area contributed by atoms with E-state index in [1.807, 2.05) is 18.2 Å². The summed E-state index contributed by atoms with van der Waals surface area (Å²) in [5, 5.41) is 14.4. The van der Waals surface area contributed by atoms with Gasteiger partial charge in [-0.3, -0.25) is 4.90 Å². The van der Waals surface area contributed by atoms with Crippen molar-refractivity contribution in [1.29, 1.82) is 0 Å². The van der Waals surface area contributed by atoms with Crippen LogP contribution in [-0.4, -0.2) is 39.9 Å². The van der Waals surface area contributed by atoms with Crippen LogP contribution >= 0.6 is 0 Å². The predicted molar refractivity (Wildman–Crippen MR) is 92.3 cm³/mol. The second-order valence-electron chi connectivity index (χ2n) is 7.14. The molecule has 1 aliphatic heterocycles. The van der Waals surface area contributed by atoms with Gasteiger partial charge in [0.05, 0.1) is 19.8 Å². The van der Waals surface area contributed by atoms with Gasteiger partial charge in [-0.1, -0.05) is 30.1 Å². The highest BCUT2D eigenvalue weighted by molar-refractivity contribution is 5.31. The van der Waals surface area contributed by atoms with E-state index in [9.17, 15) is 5.11 Å². The average molecular weight is 343 g/mol. The molecule has 0 radical (unpaired) electrons. The SMILES string of the molecule is COc1cccc([C@H]2C[C@@H](O)CN2Cc2nc(C3CCCC3)no2)c1. The Labute approximate surface area is 147 Å².